The third-order valence-corrected chi connectivity index (χ3v) is 4.89. The summed E-state index contributed by atoms with van der Waals surface area (Å²) in [5.41, 5.74) is 1.05. The second-order valence-corrected chi connectivity index (χ2v) is 6.64. The third-order valence-electron chi connectivity index (χ3n) is 4.89. The van der Waals surface area contributed by atoms with E-state index in [1.165, 1.54) is 0 Å². The molecule has 6 heteroatoms. The van der Waals surface area contributed by atoms with Crippen LogP contribution in [0.2, 0.25) is 0 Å². The summed E-state index contributed by atoms with van der Waals surface area (Å²) in [7, 11) is 0. The molecular weight excluding hydrogens is 332 g/mol. The fourth-order valence-electron chi connectivity index (χ4n) is 3.42. The molecule has 1 saturated heterocycles. The Balaban J connectivity index is 1.40. The molecule has 26 heavy (non-hydrogen) atoms. The predicted molar refractivity (Wildman–Crippen MR) is 97.8 cm³/mol. The van der Waals surface area contributed by atoms with Crippen LogP contribution in [0.15, 0.2) is 48.5 Å². The monoisotopic (exact) mass is 354 g/mol. The van der Waals surface area contributed by atoms with Gasteiger partial charge in [-0.15, -0.1) is 0 Å². The Bertz CT molecular complexity index is 785. The van der Waals surface area contributed by atoms with Gasteiger partial charge < -0.3 is 24.4 Å². The Morgan fingerprint density at radius 1 is 0.962 bits per heavy atom. The van der Waals surface area contributed by atoms with Gasteiger partial charge in [0.05, 0.1) is 0 Å². The number of carbonyl (C=O) groups is 1. The first-order chi connectivity index (χ1) is 12.6. The molecule has 0 saturated carbocycles. The maximum absolute atomic E-state index is 12.9. The number of phenolic OH excluding ortho intramolecular Hbond substituents is 1. The van der Waals surface area contributed by atoms with Crippen molar-refractivity contribution in [3.8, 4) is 17.2 Å². The number of amides is 1. The SMILES string of the molecule is C[C@@H]1Oc2ccccc2O[C@H]1C(=O)N1CCN(c2ccc(O)cc2)CC1. The summed E-state index contributed by atoms with van der Waals surface area (Å²) >= 11 is 0. The third kappa shape index (κ3) is 3.14. The van der Waals surface area contributed by atoms with Gasteiger partial charge in [0.25, 0.3) is 5.91 Å². The van der Waals surface area contributed by atoms with Crippen molar-refractivity contribution in [1.29, 1.82) is 0 Å². The van der Waals surface area contributed by atoms with E-state index in [-0.39, 0.29) is 17.8 Å². The number of benzene rings is 2. The number of anilines is 1. The molecule has 0 radical (unpaired) electrons. The summed E-state index contributed by atoms with van der Waals surface area (Å²) < 4.78 is 11.8. The van der Waals surface area contributed by atoms with Crippen LogP contribution >= 0.6 is 0 Å². The van der Waals surface area contributed by atoms with E-state index in [9.17, 15) is 9.90 Å². The van der Waals surface area contributed by atoms with Crippen LogP contribution in [0.5, 0.6) is 17.2 Å². The number of rotatable bonds is 2. The zero-order valence-corrected chi connectivity index (χ0v) is 14.7. The van der Waals surface area contributed by atoms with Gasteiger partial charge in [-0.05, 0) is 43.3 Å². The van der Waals surface area contributed by atoms with Crippen LogP contribution in [-0.2, 0) is 4.79 Å². The summed E-state index contributed by atoms with van der Waals surface area (Å²) in [4.78, 5) is 17.0. The zero-order valence-electron chi connectivity index (χ0n) is 14.7. The summed E-state index contributed by atoms with van der Waals surface area (Å²) in [6.07, 6.45) is -0.947. The van der Waals surface area contributed by atoms with E-state index < -0.39 is 6.10 Å². The van der Waals surface area contributed by atoms with E-state index in [2.05, 4.69) is 4.90 Å². The van der Waals surface area contributed by atoms with E-state index in [0.717, 1.165) is 18.8 Å². The molecule has 6 nitrogen and oxygen atoms in total. The molecule has 0 bridgehead atoms. The van der Waals surface area contributed by atoms with Crippen molar-refractivity contribution in [2.24, 2.45) is 0 Å². The van der Waals surface area contributed by atoms with Gasteiger partial charge in [-0.25, -0.2) is 0 Å². The van der Waals surface area contributed by atoms with Gasteiger partial charge in [-0.1, -0.05) is 12.1 Å². The number of phenols is 1. The van der Waals surface area contributed by atoms with Crippen molar-refractivity contribution < 1.29 is 19.4 Å². The summed E-state index contributed by atoms with van der Waals surface area (Å²) in [6, 6.07) is 14.6. The van der Waals surface area contributed by atoms with Gasteiger partial charge in [-0.3, -0.25) is 4.79 Å². The molecule has 1 fully saturated rings. The van der Waals surface area contributed by atoms with Crippen LogP contribution in [-0.4, -0.2) is 54.3 Å². The minimum absolute atomic E-state index is 0.0302. The predicted octanol–water partition coefficient (Wildman–Crippen LogP) is 2.27. The van der Waals surface area contributed by atoms with Crippen LogP contribution in [0.4, 0.5) is 5.69 Å². The molecule has 2 atom stereocenters. The number of para-hydroxylation sites is 2. The molecule has 1 amide bonds. The van der Waals surface area contributed by atoms with Crippen LogP contribution in [0, 0.1) is 0 Å². The second kappa shape index (κ2) is 6.78. The molecule has 2 aromatic rings. The number of ether oxygens (including phenoxy) is 2. The van der Waals surface area contributed by atoms with Crippen LogP contribution in [0.3, 0.4) is 0 Å². The van der Waals surface area contributed by atoms with Gasteiger partial charge >= 0.3 is 0 Å². The number of nitrogens with zero attached hydrogens (tertiary/aromatic N) is 2. The van der Waals surface area contributed by atoms with E-state index in [4.69, 9.17) is 9.47 Å². The van der Waals surface area contributed by atoms with Gasteiger partial charge in [-0.2, -0.15) is 0 Å². The number of piperazine rings is 1. The van der Waals surface area contributed by atoms with Crippen LogP contribution in [0.25, 0.3) is 0 Å². The van der Waals surface area contributed by atoms with Crippen molar-refractivity contribution >= 4 is 11.6 Å². The fraction of sp³-hybridized carbons (Fsp3) is 0.350. The zero-order chi connectivity index (χ0) is 18.1. The highest BCUT2D eigenvalue weighted by Crippen LogP contribution is 2.34. The molecule has 2 heterocycles. The maximum atomic E-state index is 12.9. The standard InChI is InChI=1S/C20H22N2O4/c1-14-19(26-18-5-3-2-4-17(18)25-14)20(24)22-12-10-21(11-13-22)15-6-8-16(23)9-7-15/h2-9,14,19,23H,10-13H2,1H3/t14-,19+/m0/s1. The molecule has 2 aliphatic rings. The number of fused-ring (bicyclic) bond motifs is 1. The molecule has 2 aliphatic heterocycles. The molecular formula is C20H22N2O4. The largest absolute Gasteiger partial charge is 0.508 e. The van der Waals surface area contributed by atoms with Crippen molar-refractivity contribution in [1.82, 2.24) is 4.90 Å². The molecule has 2 aromatic carbocycles. The Morgan fingerprint density at radius 2 is 1.58 bits per heavy atom. The first-order valence-corrected chi connectivity index (χ1v) is 8.87. The van der Waals surface area contributed by atoms with Gasteiger partial charge in [0.15, 0.2) is 11.5 Å². The van der Waals surface area contributed by atoms with E-state index in [0.29, 0.717) is 24.6 Å². The number of hydrogen-bond acceptors (Lipinski definition) is 5. The number of carbonyl (C=O) groups excluding carboxylic acids is 1. The number of hydrogen-bond donors (Lipinski definition) is 1. The average Bonchev–Trinajstić information content (AvgIpc) is 2.68. The van der Waals surface area contributed by atoms with Crippen molar-refractivity contribution in [3.63, 3.8) is 0 Å². The fourth-order valence-corrected chi connectivity index (χ4v) is 3.42. The first-order valence-electron chi connectivity index (χ1n) is 8.87. The minimum Gasteiger partial charge on any atom is -0.508 e. The lowest BCUT2D eigenvalue weighted by Gasteiger charge is -2.39. The minimum atomic E-state index is -0.620. The molecule has 0 aliphatic carbocycles. The Labute approximate surface area is 152 Å². The topological polar surface area (TPSA) is 62.2 Å². The van der Waals surface area contributed by atoms with Crippen molar-refractivity contribution in [2.75, 3.05) is 31.1 Å². The first kappa shape index (κ1) is 16.6. The van der Waals surface area contributed by atoms with Gasteiger partial charge in [0, 0.05) is 31.9 Å². The Kier molecular flexibility index (Phi) is 4.32. The number of aromatic hydroxyl groups is 1. The van der Waals surface area contributed by atoms with Gasteiger partial charge in [0.2, 0.25) is 6.10 Å². The van der Waals surface area contributed by atoms with Gasteiger partial charge in [0.1, 0.15) is 11.9 Å². The lowest BCUT2D eigenvalue weighted by atomic mass is 10.1. The molecule has 1 N–H and O–H groups in total. The lowest BCUT2D eigenvalue weighted by molar-refractivity contribution is -0.144. The summed E-state index contributed by atoms with van der Waals surface area (Å²) in [6.45, 7) is 4.62. The van der Waals surface area contributed by atoms with E-state index >= 15 is 0 Å². The highest BCUT2D eigenvalue weighted by molar-refractivity contribution is 5.82. The highest BCUT2D eigenvalue weighted by atomic mass is 16.6. The Morgan fingerprint density at radius 3 is 2.23 bits per heavy atom. The van der Waals surface area contributed by atoms with Crippen LogP contribution < -0.4 is 14.4 Å². The summed E-state index contributed by atoms with van der Waals surface area (Å²) in [5.74, 6) is 1.52. The molecule has 0 unspecified atom stereocenters. The lowest BCUT2D eigenvalue weighted by Crippen LogP contribution is -2.56. The smallest absolute Gasteiger partial charge is 0.267 e. The molecule has 136 valence electrons. The highest BCUT2D eigenvalue weighted by Gasteiger charge is 2.37. The molecule has 0 spiro atoms. The van der Waals surface area contributed by atoms with Crippen molar-refractivity contribution in [3.05, 3.63) is 48.5 Å². The molecule has 4 rings (SSSR count). The maximum Gasteiger partial charge on any atom is 0.267 e. The van der Waals surface area contributed by atoms with E-state index in [1.807, 2.05) is 48.2 Å². The average molecular weight is 354 g/mol. The van der Waals surface area contributed by atoms with Crippen molar-refractivity contribution in [2.45, 2.75) is 19.1 Å². The Hall–Kier alpha value is -2.89. The van der Waals surface area contributed by atoms with E-state index in [1.54, 1.807) is 12.1 Å². The normalized spacial score (nSPS) is 22.2. The molecule has 0 aromatic heterocycles. The quantitative estimate of drug-likeness (QED) is 0.896. The second-order valence-electron chi connectivity index (χ2n) is 6.64. The van der Waals surface area contributed by atoms with Crippen LogP contribution in [0.1, 0.15) is 6.92 Å². The summed E-state index contributed by atoms with van der Waals surface area (Å²) in [5, 5.41) is 9.41.